The van der Waals surface area contributed by atoms with E-state index >= 15 is 0 Å². The number of benzene rings is 2. The molecular formula is C18H15Cl2N3O4S. The summed E-state index contributed by atoms with van der Waals surface area (Å²) in [7, 11) is 0. The lowest BCUT2D eigenvalue weighted by Crippen LogP contribution is -2.20. The summed E-state index contributed by atoms with van der Waals surface area (Å²) in [6, 6.07) is 9.11. The van der Waals surface area contributed by atoms with Crippen LogP contribution in [0.3, 0.4) is 0 Å². The largest absolute Gasteiger partial charge is 0.380 e. The van der Waals surface area contributed by atoms with Crippen molar-refractivity contribution in [3.63, 3.8) is 0 Å². The third-order valence-corrected chi connectivity index (χ3v) is 5.52. The molecule has 10 heteroatoms. The van der Waals surface area contributed by atoms with Crippen LogP contribution in [0, 0.1) is 10.1 Å². The number of hydrogen-bond donors (Lipinski definition) is 0. The molecule has 0 fully saturated rings. The van der Waals surface area contributed by atoms with E-state index in [9.17, 15) is 14.9 Å². The van der Waals surface area contributed by atoms with Crippen LogP contribution < -0.4 is 4.80 Å². The molecule has 0 aliphatic rings. The molecule has 0 N–H and O–H groups in total. The first kappa shape index (κ1) is 20.5. The number of carbonyl (C=O) groups is 1. The molecule has 2 aromatic carbocycles. The molecule has 146 valence electrons. The summed E-state index contributed by atoms with van der Waals surface area (Å²) >= 11 is 13.3. The molecule has 0 bridgehead atoms. The van der Waals surface area contributed by atoms with Gasteiger partial charge in [0.25, 0.3) is 11.6 Å². The minimum absolute atomic E-state index is 0.0359. The van der Waals surface area contributed by atoms with Crippen molar-refractivity contribution in [1.29, 1.82) is 0 Å². The molecule has 0 atom stereocenters. The Labute approximate surface area is 173 Å². The fraction of sp³-hybridized carbons (Fsp3) is 0.222. The van der Waals surface area contributed by atoms with Gasteiger partial charge in [-0.1, -0.05) is 34.5 Å². The highest BCUT2D eigenvalue weighted by molar-refractivity contribution is 7.16. The zero-order chi connectivity index (χ0) is 20.3. The fourth-order valence-electron chi connectivity index (χ4n) is 2.58. The van der Waals surface area contributed by atoms with Crippen molar-refractivity contribution in [2.75, 3.05) is 13.2 Å². The van der Waals surface area contributed by atoms with E-state index in [2.05, 4.69) is 4.99 Å². The van der Waals surface area contributed by atoms with Crippen molar-refractivity contribution >= 4 is 56.3 Å². The van der Waals surface area contributed by atoms with Gasteiger partial charge in [-0.2, -0.15) is 4.99 Å². The van der Waals surface area contributed by atoms with Crippen molar-refractivity contribution < 1.29 is 14.5 Å². The lowest BCUT2D eigenvalue weighted by Gasteiger charge is -2.05. The summed E-state index contributed by atoms with van der Waals surface area (Å²) in [6.45, 7) is 3.18. The Morgan fingerprint density at radius 3 is 2.79 bits per heavy atom. The summed E-state index contributed by atoms with van der Waals surface area (Å²) < 4.78 is 7.90. The first-order chi connectivity index (χ1) is 13.4. The molecule has 0 unspecified atom stereocenters. The molecule has 0 saturated carbocycles. The summed E-state index contributed by atoms with van der Waals surface area (Å²) in [5.74, 6) is -0.543. The maximum atomic E-state index is 12.7. The molecule has 3 rings (SSSR count). The standard InChI is InChI=1S/C18H15Cl2N3O4S/c1-2-27-8-7-22-15-10-12(23(25)26)4-6-16(15)28-18(22)21-17(24)13-9-11(19)3-5-14(13)20/h3-6,9-10H,2,7-8H2,1H3. The smallest absolute Gasteiger partial charge is 0.281 e. The number of fused-ring (bicyclic) bond motifs is 1. The van der Waals surface area contributed by atoms with E-state index in [-0.39, 0.29) is 16.3 Å². The number of nitro benzene ring substituents is 1. The quantitative estimate of drug-likeness (QED) is 0.316. The zero-order valence-corrected chi connectivity index (χ0v) is 17.1. The van der Waals surface area contributed by atoms with Gasteiger partial charge in [0.15, 0.2) is 4.80 Å². The third-order valence-electron chi connectivity index (χ3n) is 3.90. The van der Waals surface area contributed by atoms with Crippen LogP contribution in [-0.2, 0) is 11.3 Å². The number of hydrogen-bond acceptors (Lipinski definition) is 5. The van der Waals surface area contributed by atoms with Crippen LogP contribution in [0.4, 0.5) is 5.69 Å². The van der Waals surface area contributed by atoms with E-state index in [0.717, 1.165) is 4.70 Å². The molecule has 0 saturated heterocycles. The molecule has 28 heavy (non-hydrogen) atoms. The van der Waals surface area contributed by atoms with Gasteiger partial charge >= 0.3 is 0 Å². The topological polar surface area (TPSA) is 86.7 Å². The van der Waals surface area contributed by atoms with Gasteiger partial charge in [-0.05, 0) is 31.2 Å². The van der Waals surface area contributed by atoms with Crippen LogP contribution in [0.15, 0.2) is 41.4 Å². The summed E-state index contributed by atoms with van der Waals surface area (Å²) in [5, 5.41) is 11.7. The van der Waals surface area contributed by atoms with E-state index in [0.29, 0.717) is 35.1 Å². The van der Waals surface area contributed by atoms with E-state index in [1.165, 1.54) is 35.6 Å². The van der Waals surface area contributed by atoms with Crippen molar-refractivity contribution in [2.45, 2.75) is 13.5 Å². The SMILES string of the molecule is CCOCCn1c(=NC(=O)c2cc(Cl)ccc2Cl)sc2ccc([N+](=O)[O-])cc21. The Hall–Kier alpha value is -2.26. The Kier molecular flexibility index (Phi) is 6.46. The summed E-state index contributed by atoms with van der Waals surface area (Å²) in [6.07, 6.45) is 0. The number of carbonyl (C=O) groups excluding carboxylic acids is 1. The van der Waals surface area contributed by atoms with Gasteiger partial charge < -0.3 is 9.30 Å². The number of nitrogens with zero attached hydrogens (tertiary/aromatic N) is 3. The van der Waals surface area contributed by atoms with Crippen LogP contribution in [0.1, 0.15) is 17.3 Å². The van der Waals surface area contributed by atoms with Crippen molar-refractivity contribution in [3.8, 4) is 0 Å². The number of ether oxygens (including phenoxy) is 1. The number of thiazole rings is 1. The van der Waals surface area contributed by atoms with Gasteiger partial charge in [0, 0.05) is 30.3 Å². The Bertz CT molecular complexity index is 1120. The first-order valence-corrected chi connectivity index (χ1v) is 9.87. The van der Waals surface area contributed by atoms with Crippen LogP contribution in [0.5, 0.6) is 0 Å². The Morgan fingerprint density at radius 1 is 1.29 bits per heavy atom. The summed E-state index contributed by atoms with van der Waals surface area (Å²) in [4.78, 5) is 27.9. The van der Waals surface area contributed by atoms with Gasteiger partial charge in [0.2, 0.25) is 0 Å². The van der Waals surface area contributed by atoms with Crippen LogP contribution in [-0.4, -0.2) is 28.6 Å². The molecule has 1 aromatic heterocycles. The average molecular weight is 440 g/mol. The first-order valence-electron chi connectivity index (χ1n) is 8.30. The second-order valence-electron chi connectivity index (χ2n) is 5.68. The van der Waals surface area contributed by atoms with Crippen LogP contribution >= 0.6 is 34.5 Å². The van der Waals surface area contributed by atoms with E-state index in [1.54, 1.807) is 16.7 Å². The zero-order valence-electron chi connectivity index (χ0n) is 14.7. The lowest BCUT2D eigenvalue weighted by atomic mass is 10.2. The highest BCUT2D eigenvalue weighted by atomic mass is 35.5. The highest BCUT2D eigenvalue weighted by Gasteiger charge is 2.15. The molecule has 0 radical (unpaired) electrons. The number of aromatic nitrogens is 1. The number of halogens is 2. The van der Waals surface area contributed by atoms with E-state index in [1.807, 2.05) is 6.92 Å². The maximum Gasteiger partial charge on any atom is 0.281 e. The second kappa shape index (κ2) is 8.83. The number of nitro groups is 1. The van der Waals surface area contributed by atoms with Crippen molar-refractivity contribution in [2.24, 2.45) is 4.99 Å². The Balaban J connectivity index is 2.13. The monoisotopic (exact) mass is 439 g/mol. The van der Waals surface area contributed by atoms with Gasteiger partial charge in [0.05, 0.1) is 32.3 Å². The van der Waals surface area contributed by atoms with Gasteiger partial charge in [-0.15, -0.1) is 0 Å². The summed E-state index contributed by atoms with van der Waals surface area (Å²) in [5.41, 5.74) is 0.767. The molecule has 1 amide bonds. The molecular weight excluding hydrogens is 425 g/mol. The van der Waals surface area contributed by atoms with Gasteiger partial charge in [-0.3, -0.25) is 14.9 Å². The minimum Gasteiger partial charge on any atom is -0.380 e. The fourth-order valence-corrected chi connectivity index (χ4v) is 3.99. The average Bonchev–Trinajstić information content (AvgIpc) is 3.00. The predicted molar refractivity (Wildman–Crippen MR) is 109 cm³/mol. The van der Waals surface area contributed by atoms with Crippen molar-refractivity contribution in [1.82, 2.24) is 4.57 Å². The molecule has 0 aliphatic carbocycles. The van der Waals surface area contributed by atoms with Crippen LogP contribution in [0.2, 0.25) is 10.0 Å². The normalized spacial score (nSPS) is 11.9. The van der Waals surface area contributed by atoms with Crippen LogP contribution in [0.25, 0.3) is 10.2 Å². The minimum atomic E-state index is -0.543. The van der Waals surface area contributed by atoms with Gasteiger partial charge in [-0.25, -0.2) is 0 Å². The second-order valence-corrected chi connectivity index (χ2v) is 7.54. The number of amides is 1. The maximum absolute atomic E-state index is 12.7. The predicted octanol–water partition coefficient (Wildman–Crippen LogP) is 4.70. The number of rotatable bonds is 6. The molecule has 0 aliphatic heterocycles. The van der Waals surface area contributed by atoms with Crippen molar-refractivity contribution in [3.05, 3.63) is 66.9 Å². The third kappa shape index (κ3) is 4.41. The van der Waals surface area contributed by atoms with E-state index < -0.39 is 10.8 Å². The molecule has 7 nitrogen and oxygen atoms in total. The van der Waals surface area contributed by atoms with E-state index in [4.69, 9.17) is 27.9 Å². The highest BCUT2D eigenvalue weighted by Crippen LogP contribution is 2.24. The number of non-ortho nitro benzene ring substituents is 1. The molecule has 1 heterocycles. The van der Waals surface area contributed by atoms with Gasteiger partial charge in [0.1, 0.15) is 0 Å². The molecule has 0 spiro atoms. The lowest BCUT2D eigenvalue weighted by molar-refractivity contribution is -0.384. The Morgan fingerprint density at radius 2 is 2.07 bits per heavy atom. The molecule has 3 aromatic rings.